The van der Waals surface area contributed by atoms with Gasteiger partial charge in [0.15, 0.2) is 17.3 Å². The van der Waals surface area contributed by atoms with Gasteiger partial charge in [-0.3, -0.25) is 4.79 Å². The number of rotatable bonds is 1. The van der Waals surface area contributed by atoms with Crippen LogP contribution in [0.3, 0.4) is 0 Å². The fraction of sp³-hybridized carbons (Fsp3) is 0.455. The van der Waals surface area contributed by atoms with Gasteiger partial charge in [-0.2, -0.15) is 0 Å². The predicted octanol–water partition coefficient (Wildman–Crippen LogP) is 1.37. The van der Waals surface area contributed by atoms with Gasteiger partial charge in [-0.15, -0.1) is 0 Å². The third kappa shape index (κ3) is 1.48. The van der Waals surface area contributed by atoms with Gasteiger partial charge in [0.25, 0.3) is 0 Å². The number of hydrogen-bond acceptors (Lipinski definition) is 5. The van der Waals surface area contributed by atoms with Crippen LogP contribution < -0.4 is 4.90 Å². The molecule has 0 amide bonds. The first-order valence-electron chi connectivity index (χ1n) is 5.52. The number of carbonyl (C=O) groups is 1. The molecule has 0 bridgehead atoms. The lowest BCUT2D eigenvalue weighted by Gasteiger charge is -2.17. The summed E-state index contributed by atoms with van der Waals surface area (Å²) >= 11 is 0. The predicted molar refractivity (Wildman–Crippen MR) is 60.6 cm³/mol. The normalized spacial score (nSPS) is 19.0. The maximum absolute atomic E-state index is 11.6. The fourth-order valence-corrected chi connectivity index (χ4v) is 2.07. The molecule has 1 saturated heterocycles. The lowest BCUT2D eigenvalue weighted by atomic mass is 10.2. The van der Waals surface area contributed by atoms with Gasteiger partial charge in [-0.1, -0.05) is 0 Å². The summed E-state index contributed by atoms with van der Waals surface area (Å²) in [5.41, 5.74) is 0.423. The van der Waals surface area contributed by atoms with E-state index in [-0.39, 0.29) is 5.78 Å². The van der Waals surface area contributed by atoms with Crippen LogP contribution in [0.4, 0.5) is 11.6 Å². The highest BCUT2D eigenvalue weighted by molar-refractivity contribution is 6.08. The molecule has 0 aromatic carbocycles. The number of aliphatic imine (C=N–C) groups is 1. The Labute approximate surface area is 93.2 Å². The average Bonchev–Trinajstić information content (AvgIpc) is 2.83. The quantitative estimate of drug-likeness (QED) is 0.711. The van der Waals surface area contributed by atoms with E-state index < -0.39 is 0 Å². The van der Waals surface area contributed by atoms with Crippen molar-refractivity contribution in [1.82, 2.24) is 9.97 Å². The molecule has 0 radical (unpaired) electrons. The third-order valence-corrected chi connectivity index (χ3v) is 2.92. The topological polar surface area (TPSA) is 58.5 Å². The average molecular weight is 216 g/mol. The Morgan fingerprint density at radius 1 is 1.25 bits per heavy atom. The molecular formula is C11H12N4O. The molecule has 1 aromatic rings. The van der Waals surface area contributed by atoms with Crippen LogP contribution in [0.5, 0.6) is 0 Å². The van der Waals surface area contributed by atoms with E-state index in [0.717, 1.165) is 18.9 Å². The van der Waals surface area contributed by atoms with Gasteiger partial charge >= 0.3 is 0 Å². The molecule has 1 fully saturated rings. The van der Waals surface area contributed by atoms with Crippen molar-refractivity contribution in [3.63, 3.8) is 0 Å². The molecule has 5 nitrogen and oxygen atoms in total. The minimum Gasteiger partial charge on any atom is -0.355 e. The smallest absolute Gasteiger partial charge is 0.190 e. The van der Waals surface area contributed by atoms with E-state index in [1.807, 2.05) is 0 Å². The molecule has 3 rings (SSSR count). The Bertz CT molecular complexity index is 463. The van der Waals surface area contributed by atoms with E-state index in [4.69, 9.17) is 0 Å². The highest BCUT2D eigenvalue weighted by atomic mass is 16.1. The van der Waals surface area contributed by atoms with E-state index in [1.165, 1.54) is 12.8 Å². The van der Waals surface area contributed by atoms with Gasteiger partial charge in [0, 0.05) is 25.7 Å². The maximum atomic E-state index is 11.6. The Kier molecular flexibility index (Phi) is 2.16. The molecule has 2 aliphatic rings. The molecular weight excluding hydrogens is 204 g/mol. The van der Waals surface area contributed by atoms with Crippen molar-refractivity contribution in [2.75, 3.05) is 18.0 Å². The monoisotopic (exact) mass is 216 g/mol. The molecule has 0 spiro atoms. The van der Waals surface area contributed by atoms with Gasteiger partial charge in [0.2, 0.25) is 0 Å². The zero-order valence-electron chi connectivity index (χ0n) is 8.89. The SMILES string of the molecule is O=C1CC=Nc2ncc(N3CCCC3)nc21. The molecule has 0 atom stereocenters. The van der Waals surface area contributed by atoms with Crippen molar-refractivity contribution in [1.29, 1.82) is 0 Å². The summed E-state index contributed by atoms with van der Waals surface area (Å²) in [5.74, 6) is 1.28. The van der Waals surface area contributed by atoms with Crippen molar-refractivity contribution in [2.45, 2.75) is 19.3 Å². The van der Waals surface area contributed by atoms with Gasteiger partial charge < -0.3 is 4.90 Å². The summed E-state index contributed by atoms with van der Waals surface area (Å²) in [6, 6.07) is 0. The molecule has 0 saturated carbocycles. The Balaban J connectivity index is 2.00. The number of hydrogen-bond donors (Lipinski definition) is 0. The molecule has 5 heteroatoms. The molecule has 82 valence electrons. The summed E-state index contributed by atoms with van der Waals surface area (Å²) in [6.07, 6.45) is 6.01. The Hall–Kier alpha value is -1.78. The Morgan fingerprint density at radius 3 is 2.88 bits per heavy atom. The van der Waals surface area contributed by atoms with Crippen molar-refractivity contribution >= 4 is 23.6 Å². The van der Waals surface area contributed by atoms with Gasteiger partial charge in [0.1, 0.15) is 5.82 Å². The number of carbonyl (C=O) groups excluding carboxylic acids is 1. The molecule has 1 aromatic heterocycles. The van der Waals surface area contributed by atoms with Crippen LogP contribution in [0, 0.1) is 0 Å². The van der Waals surface area contributed by atoms with Crippen LogP contribution in [0.15, 0.2) is 11.2 Å². The highest BCUT2D eigenvalue weighted by Gasteiger charge is 2.21. The standard InChI is InChI=1S/C11H12N4O/c16-8-3-4-12-11-10(8)14-9(7-13-11)15-5-1-2-6-15/h4,7H,1-3,5-6H2. The van der Waals surface area contributed by atoms with Crippen LogP contribution in [0.25, 0.3) is 0 Å². The summed E-state index contributed by atoms with van der Waals surface area (Å²) in [6.45, 7) is 2.01. The van der Waals surface area contributed by atoms with Crippen LogP contribution in [0.2, 0.25) is 0 Å². The number of aromatic nitrogens is 2. The fourth-order valence-electron chi connectivity index (χ4n) is 2.07. The highest BCUT2D eigenvalue weighted by Crippen LogP contribution is 2.24. The van der Waals surface area contributed by atoms with E-state index in [1.54, 1.807) is 12.4 Å². The van der Waals surface area contributed by atoms with E-state index in [0.29, 0.717) is 17.9 Å². The first-order valence-corrected chi connectivity index (χ1v) is 5.52. The molecule has 2 aliphatic heterocycles. The molecule has 0 unspecified atom stereocenters. The summed E-state index contributed by atoms with van der Waals surface area (Å²) in [5, 5.41) is 0. The summed E-state index contributed by atoms with van der Waals surface area (Å²) in [7, 11) is 0. The van der Waals surface area contributed by atoms with Crippen molar-refractivity contribution < 1.29 is 4.79 Å². The lowest BCUT2D eigenvalue weighted by Crippen LogP contribution is -2.21. The number of ketones is 1. The second-order valence-corrected chi connectivity index (χ2v) is 4.03. The maximum Gasteiger partial charge on any atom is 0.190 e. The number of anilines is 1. The lowest BCUT2D eigenvalue weighted by molar-refractivity contribution is 0.0996. The Morgan fingerprint density at radius 2 is 2.06 bits per heavy atom. The molecule has 0 aliphatic carbocycles. The number of fused-ring (bicyclic) bond motifs is 1. The van der Waals surface area contributed by atoms with Crippen LogP contribution >= 0.6 is 0 Å². The van der Waals surface area contributed by atoms with Gasteiger partial charge in [-0.25, -0.2) is 15.0 Å². The largest absolute Gasteiger partial charge is 0.355 e. The van der Waals surface area contributed by atoms with Crippen LogP contribution in [0.1, 0.15) is 29.8 Å². The third-order valence-electron chi connectivity index (χ3n) is 2.92. The van der Waals surface area contributed by atoms with Gasteiger partial charge in [-0.05, 0) is 12.8 Å². The zero-order chi connectivity index (χ0) is 11.0. The molecule has 0 N–H and O–H groups in total. The minimum atomic E-state index is 0.0125. The molecule has 3 heterocycles. The van der Waals surface area contributed by atoms with E-state index in [9.17, 15) is 4.79 Å². The second kappa shape index (κ2) is 3.66. The number of Topliss-reactive ketones (excluding diaryl/α,β-unsaturated/α-hetero) is 1. The van der Waals surface area contributed by atoms with E-state index >= 15 is 0 Å². The summed E-state index contributed by atoms with van der Waals surface area (Å²) < 4.78 is 0. The van der Waals surface area contributed by atoms with Crippen LogP contribution in [-0.2, 0) is 0 Å². The van der Waals surface area contributed by atoms with Crippen molar-refractivity contribution in [3.8, 4) is 0 Å². The van der Waals surface area contributed by atoms with Gasteiger partial charge in [0.05, 0.1) is 6.20 Å². The second-order valence-electron chi connectivity index (χ2n) is 4.03. The number of nitrogens with zero attached hydrogens (tertiary/aromatic N) is 4. The van der Waals surface area contributed by atoms with Crippen molar-refractivity contribution in [3.05, 3.63) is 11.9 Å². The first kappa shape index (κ1) is 9.45. The van der Waals surface area contributed by atoms with Crippen LogP contribution in [-0.4, -0.2) is 35.1 Å². The zero-order valence-corrected chi connectivity index (χ0v) is 8.89. The first-order chi connectivity index (χ1) is 7.84. The summed E-state index contributed by atoms with van der Waals surface area (Å²) in [4.78, 5) is 26.4. The van der Waals surface area contributed by atoms with E-state index in [2.05, 4.69) is 19.9 Å². The minimum absolute atomic E-state index is 0.0125. The van der Waals surface area contributed by atoms with Crippen molar-refractivity contribution in [2.24, 2.45) is 4.99 Å². The molecule has 16 heavy (non-hydrogen) atoms.